The van der Waals surface area contributed by atoms with Crippen molar-refractivity contribution in [3.05, 3.63) is 92.2 Å². The first-order chi connectivity index (χ1) is 14.5. The molecule has 0 amide bonds. The van der Waals surface area contributed by atoms with Crippen LogP contribution in [0.5, 0.6) is 0 Å². The Hall–Kier alpha value is -3.78. The Labute approximate surface area is 174 Å². The van der Waals surface area contributed by atoms with Gasteiger partial charge >= 0.3 is 0 Å². The van der Waals surface area contributed by atoms with Gasteiger partial charge in [-0.15, -0.1) is 10.2 Å². The molecule has 4 aromatic heterocycles. The van der Waals surface area contributed by atoms with Crippen LogP contribution < -0.4 is 11.1 Å². The van der Waals surface area contributed by atoms with Crippen molar-refractivity contribution in [1.82, 2.24) is 29.1 Å². The fourth-order valence-electron chi connectivity index (χ4n) is 3.58. The Morgan fingerprint density at radius 1 is 0.833 bits per heavy atom. The molecule has 30 heavy (non-hydrogen) atoms. The van der Waals surface area contributed by atoms with Gasteiger partial charge in [-0.1, -0.05) is 23.7 Å². The Kier molecular flexibility index (Phi) is 4.04. The number of aryl methyl sites for hydroxylation is 2. The van der Waals surface area contributed by atoms with Gasteiger partial charge in [0.05, 0.1) is 32.5 Å². The van der Waals surface area contributed by atoms with E-state index in [1.54, 1.807) is 73.4 Å². The summed E-state index contributed by atoms with van der Waals surface area (Å²) in [6, 6.07) is 12.1. The molecule has 9 heteroatoms. The summed E-state index contributed by atoms with van der Waals surface area (Å²) < 4.78 is 4.47. The van der Waals surface area contributed by atoms with E-state index in [1.807, 2.05) is 0 Å². The molecule has 0 radical (unpaired) electrons. The Bertz CT molecular complexity index is 1560. The van der Waals surface area contributed by atoms with Crippen LogP contribution in [0.4, 0.5) is 0 Å². The largest absolute Gasteiger partial charge is 0.282 e. The summed E-state index contributed by atoms with van der Waals surface area (Å²) in [5.41, 5.74) is 0.945. The predicted octanol–water partition coefficient (Wildman–Crippen LogP) is 2.87. The number of hydrogen-bond acceptors (Lipinski definition) is 5. The number of hydrogen-bond donors (Lipinski definition) is 0. The average Bonchev–Trinajstić information content (AvgIpc) is 3.07. The molecule has 0 N–H and O–H groups in total. The maximum atomic E-state index is 13.2. The Balaban J connectivity index is 1.82. The summed E-state index contributed by atoms with van der Waals surface area (Å²) in [6.07, 6.45) is 3.26. The van der Waals surface area contributed by atoms with E-state index < -0.39 is 0 Å². The molecule has 0 spiro atoms. The molecule has 4 heterocycles. The van der Waals surface area contributed by atoms with Crippen molar-refractivity contribution in [1.29, 1.82) is 0 Å². The molecule has 5 aromatic rings. The molecule has 1 aromatic carbocycles. The van der Waals surface area contributed by atoms with Crippen molar-refractivity contribution < 1.29 is 0 Å². The molecule has 0 saturated heterocycles. The van der Waals surface area contributed by atoms with E-state index in [0.717, 1.165) is 0 Å². The summed E-state index contributed by atoms with van der Waals surface area (Å²) in [6.45, 7) is 3.52. The van der Waals surface area contributed by atoms with Gasteiger partial charge in [0.1, 0.15) is 11.6 Å². The summed E-state index contributed by atoms with van der Waals surface area (Å²) >= 11 is 6.27. The SMILES string of the molecule is Cc1nnc(C)n1-n1ccc2nc3ccn(-c4ccccc4Cl)c(=O)c3cc2c1=O. The highest BCUT2D eigenvalue weighted by Crippen LogP contribution is 2.20. The number of halogens is 1. The number of para-hydroxylation sites is 1. The number of pyridine rings is 3. The monoisotopic (exact) mass is 418 g/mol. The van der Waals surface area contributed by atoms with E-state index in [1.165, 1.54) is 9.24 Å². The lowest BCUT2D eigenvalue weighted by Crippen LogP contribution is -2.28. The van der Waals surface area contributed by atoms with Gasteiger partial charge in [-0.05, 0) is 44.2 Å². The zero-order chi connectivity index (χ0) is 21.0. The summed E-state index contributed by atoms with van der Waals surface area (Å²) in [5.74, 6) is 1.15. The molecule has 0 fully saturated rings. The van der Waals surface area contributed by atoms with Gasteiger partial charge in [-0.3, -0.25) is 14.2 Å². The van der Waals surface area contributed by atoms with Crippen molar-refractivity contribution in [2.75, 3.05) is 0 Å². The lowest BCUT2D eigenvalue weighted by molar-refractivity contribution is 0.595. The van der Waals surface area contributed by atoms with Gasteiger partial charge in [0.15, 0.2) is 0 Å². The van der Waals surface area contributed by atoms with Crippen LogP contribution in [0, 0.1) is 13.8 Å². The van der Waals surface area contributed by atoms with Crippen LogP contribution in [0.1, 0.15) is 11.6 Å². The van der Waals surface area contributed by atoms with Gasteiger partial charge in [0, 0.05) is 12.4 Å². The van der Waals surface area contributed by atoms with E-state index in [-0.39, 0.29) is 11.1 Å². The first kappa shape index (κ1) is 18.3. The average molecular weight is 419 g/mol. The molecule has 5 rings (SSSR count). The third-order valence-corrected chi connectivity index (χ3v) is 5.32. The number of fused-ring (bicyclic) bond motifs is 2. The lowest BCUT2D eigenvalue weighted by atomic mass is 10.2. The highest BCUT2D eigenvalue weighted by atomic mass is 35.5. The fourth-order valence-corrected chi connectivity index (χ4v) is 3.81. The number of aromatic nitrogens is 6. The van der Waals surface area contributed by atoms with Crippen LogP contribution >= 0.6 is 11.6 Å². The second kappa shape index (κ2) is 6.64. The number of nitrogens with zero attached hydrogens (tertiary/aromatic N) is 6. The molecular weight excluding hydrogens is 404 g/mol. The topological polar surface area (TPSA) is 87.6 Å². The molecule has 0 aliphatic rings. The van der Waals surface area contributed by atoms with E-state index in [0.29, 0.717) is 44.2 Å². The molecule has 0 bridgehead atoms. The zero-order valence-corrected chi connectivity index (χ0v) is 16.8. The van der Waals surface area contributed by atoms with E-state index in [9.17, 15) is 9.59 Å². The quantitative estimate of drug-likeness (QED) is 0.411. The molecule has 0 saturated carbocycles. The highest BCUT2D eigenvalue weighted by molar-refractivity contribution is 6.32. The van der Waals surface area contributed by atoms with Crippen LogP contribution in [0.15, 0.2) is 64.4 Å². The van der Waals surface area contributed by atoms with Gasteiger partial charge in [0.2, 0.25) is 0 Å². The molecule has 148 valence electrons. The van der Waals surface area contributed by atoms with E-state index in [4.69, 9.17) is 11.6 Å². The maximum Gasteiger partial charge on any atom is 0.279 e. The van der Waals surface area contributed by atoms with Crippen LogP contribution in [0.25, 0.3) is 27.5 Å². The molecular formula is C21H15ClN6O2. The van der Waals surface area contributed by atoms with Crippen molar-refractivity contribution in [3.63, 3.8) is 0 Å². The van der Waals surface area contributed by atoms with E-state index in [2.05, 4.69) is 15.2 Å². The highest BCUT2D eigenvalue weighted by Gasteiger charge is 2.14. The van der Waals surface area contributed by atoms with Gasteiger partial charge in [-0.25, -0.2) is 14.3 Å². The Morgan fingerprint density at radius 2 is 1.47 bits per heavy atom. The summed E-state index contributed by atoms with van der Waals surface area (Å²) in [7, 11) is 0. The van der Waals surface area contributed by atoms with Crippen LogP contribution in [-0.4, -0.2) is 29.1 Å². The Morgan fingerprint density at radius 3 is 2.17 bits per heavy atom. The van der Waals surface area contributed by atoms with Gasteiger partial charge in [-0.2, -0.15) is 0 Å². The minimum absolute atomic E-state index is 0.304. The third kappa shape index (κ3) is 2.65. The van der Waals surface area contributed by atoms with Crippen LogP contribution in [0.3, 0.4) is 0 Å². The van der Waals surface area contributed by atoms with E-state index >= 15 is 0 Å². The predicted molar refractivity (Wildman–Crippen MR) is 114 cm³/mol. The summed E-state index contributed by atoms with van der Waals surface area (Å²) in [4.78, 5) is 30.9. The standard InChI is InChI=1S/C21H15ClN6O2/c1-12-24-25-13(2)28(12)27-10-8-18-15(21(27)30)11-14-17(23-18)7-9-26(20(14)29)19-6-4-3-5-16(19)22/h3-11H,1-2H3. The van der Waals surface area contributed by atoms with Crippen molar-refractivity contribution in [2.45, 2.75) is 13.8 Å². The minimum atomic E-state index is -0.319. The molecule has 0 aliphatic heterocycles. The first-order valence-electron chi connectivity index (χ1n) is 9.17. The maximum absolute atomic E-state index is 13.2. The van der Waals surface area contributed by atoms with Gasteiger partial charge in [0.25, 0.3) is 11.1 Å². The fraction of sp³-hybridized carbons (Fsp3) is 0.0952. The second-order valence-electron chi connectivity index (χ2n) is 6.87. The van der Waals surface area contributed by atoms with Crippen molar-refractivity contribution >= 4 is 33.4 Å². The molecule has 0 atom stereocenters. The smallest absolute Gasteiger partial charge is 0.279 e. The normalized spacial score (nSPS) is 11.4. The van der Waals surface area contributed by atoms with Crippen molar-refractivity contribution in [3.8, 4) is 5.69 Å². The lowest BCUT2D eigenvalue weighted by Gasteiger charge is -2.12. The molecule has 8 nitrogen and oxygen atoms in total. The van der Waals surface area contributed by atoms with Crippen LogP contribution in [-0.2, 0) is 0 Å². The number of rotatable bonds is 2. The second-order valence-corrected chi connectivity index (χ2v) is 7.28. The zero-order valence-electron chi connectivity index (χ0n) is 16.1. The first-order valence-corrected chi connectivity index (χ1v) is 9.55. The van der Waals surface area contributed by atoms with Crippen molar-refractivity contribution in [2.24, 2.45) is 0 Å². The third-order valence-electron chi connectivity index (χ3n) is 5.00. The summed E-state index contributed by atoms with van der Waals surface area (Å²) in [5, 5.41) is 9.11. The minimum Gasteiger partial charge on any atom is -0.282 e. The van der Waals surface area contributed by atoms with Gasteiger partial charge < -0.3 is 0 Å². The van der Waals surface area contributed by atoms with Crippen LogP contribution in [0.2, 0.25) is 5.02 Å². The molecule has 0 unspecified atom stereocenters. The molecule has 0 aliphatic carbocycles. The number of benzene rings is 1.